The summed E-state index contributed by atoms with van der Waals surface area (Å²) < 4.78 is 19.0. The summed E-state index contributed by atoms with van der Waals surface area (Å²) in [6.07, 6.45) is 6.79. The van der Waals surface area contributed by atoms with Crippen molar-refractivity contribution in [1.82, 2.24) is 5.32 Å². The Morgan fingerprint density at radius 1 is 1.29 bits per heavy atom. The number of nitrogens with two attached hydrogens (primary N) is 1. The van der Waals surface area contributed by atoms with Gasteiger partial charge in [-0.15, -0.1) is 0 Å². The number of benzene rings is 1. The fourth-order valence-corrected chi connectivity index (χ4v) is 2.71. The van der Waals surface area contributed by atoms with E-state index in [4.69, 9.17) is 10.5 Å². The molecule has 0 spiro atoms. The average molecular weight is 294 g/mol. The van der Waals surface area contributed by atoms with Gasteiger partial charge in [-0.3, -0.25) is 4.79 Å². The number of carbonyl (C=O) groups excluding carboxylic acids is 1. The van der Waals surface area contributed by atoms with Crippen LogP contribution in [0.2, 0.25) is 0 Å². The highest BCUT2D eigenvalue weighted by Crippen LogP contribution is 2.22. The van der Waals surface area contributed by atoms with Crippen LogP contribution < -0.4 is 15.8 Å². The molecule has 0 aromatic heterocycles. The molecule has 1 amide bonds. The Hall–Kier alpha value is -1.62. The molecule has 0 aliphatic heterocycles. The van der Waals surface area contributed by atoms with Crippen molar-refractivity contribution < 1.29 is 13.9 Å². The number of hydrogen-bond acceptors (Lipinski definition) is 3. The first-order valence-electron chi connectivity index (χ1n) is 7.60. The molecule has 0 unspecified atom stereocenters. The van der Waals surface area contributed by atoms with Crippen LogP contribution >= 0.6 is 0 Å². The largest absolute Gasteiger partial charge is 0.480 e. The van der Waals surface area contributed by atoms with Gasteiger partial charge in [0.2, 0.25) is 0 Å². The smallest absolute Gasteiger partial charge is 0.258 e. The van der Waals surface area contributed by atoms with E-state index in [1.54, 1.807) is 12.1 Å². The molecule has 0 saturated heterocycles. The molecule has 116 valence electrons. The standard InChI is InChI=1S/C16H23FN2O2/c17-14-9-5-6-12(10-18)16(14)21-11-15(20)19-13-7-3-1-2-4-8-13/h5-6,9,13H,1-4,7-8,10-11,18H2,(H,19,20). The normalized spacial score (nSPS) is 16.3. The monoisotopic (exact) mass is 294 g/mol. The SMILES string of the molecule is NCc1cccc(F)c1OCC(=O)NC1CCCCCC1. The summed E-state index contributed by atoms with van der Waals surface area (Å²) in [4.78, 5) is 11.9. The van der Waals surface area contributed by atoms with Crippen molar-refractivity contribution in [2.45, 2.75) is 51.1 Å². The summed E-state index contributed by atoms with van der Waals surface area (Å²) in [6.45, 7) is 0.00176. The molecule has 1 fully saturated rings. The molecule has 5 heteroatoms. The summed E-state index contributed by atoms with van der Waals surface area (Å²) in [5.74, 6) is -0.607. The van der Waals surface area contributed by atoms with Gasteiger partial charge in [-0.1, -0.05) is 37.8 Å². The zero-order valence-electron chi connectivity index (χ0n) is 12.2. The van der Waals surface area contributed by atoms with Gasteiger partial charge < -0.3 is 15.8 Å². The van der Waals surface area contributed by atoms with Gasteiger partial charge in [0.25, 0.3) is 5.91 Å². The summed E-state index contributed by atoms with van der Waals surface area (Å²) in [6, 6.07) is 4.80. The fraction of sp³-hybridized carbons (Fsp3) is 0.562. The van der Waals surface area contributed by atoms with Crippen LogP contribution in [-0.4, -0.2) is 18.6 Å². The maximum Gasteiger partial charge on any atom is 0.258 e. The maximum atomic E-state index is 13.7. The highest BCUT2D eigenvalue weighted by molar-refractivity contribution is 5.77. The van der Waals surface area contributed by atoms with Crippen LogP contribution in [0.25, 0.3) is 0 Å². The molecular formula is C16H23FN2O2. The highest BCUT2D eigenvalue weighted by Gasteiger charge is 2.16. The van der Waals surface area contributed by atoms with Crippen molar-refractivity contribution in [3.05, 3.63) is 29.6 Å². The van der Waals surface area contributed by atoms with Gasteiger partial charge >= 0.3 is 0 Å². The third kappa shape index (κ3) is 4.70. The molecule has 1 saturated carbocycles. The maximum absolute atomic E-state index is 13.7. The van der Waals surface area contributed by atoms with Crippen LogP contribution in [0.4, 0.5) is 4.39 Å². The first-order chi connectivity index (χ1) is 10.2. The number of hydrogen-bond donors (Lipinski definition) is 2. The minimum Gasteiger partial charge on any atom is -0.480 e. The Kier molecular flexibility index (Phi) is 5.99. The molecule has 0 heterocycles. The molecule has 2 rings (SSSR count). The molecule has 1 aliphatic carbocycles. The zero-order valence-corrected chi connectivity index (χ0v) is 12.2. The molecule has 1 aliphatic rings. The Morgan fingerprint density at radius 3 is 2.67 bits per heavy atom. The minimum atomic E-state index is -0.486. The predicted octanol–water partition coefficient (Wildman–Crippen LogP) is 2.50. The van der Waals surface area contributed by atoms with Crippen molar-refractivity contribution in [1.29, 1.82) is 0 Å². The van der Waals surface area contributed by atoms with E-state index in [9.17, 15) is 9.18 Å². The molecule has 1 aromatic rings. The number of ether oxygens (including phenoxy) is 1. The molecule has 21 heavy (non-hydrogen) atoms. The van der Waals surface area contributed by atoms with Crippen molar-refractivity contribution in [3.63, 3.8) is 0 Å². The van der Waals surface area contributed by atoms with Gasteiger partial charge in [-0.2, -0.15) is 0 Å². The lowest BCUT2D eigenvalue weighted by Crippen LogP contribution is -2.37. The number of amides is 1. The van der Waals surface area contributed by atoms with Gasteiger partial charge in [-0.25, -0.2) is 4.39 Å². The van der Waals surface area contributed by atoms with Gasteiger partial charge in [0.05, 0.1) is 0 Å². The Labute approximate surface area is 124 Å². The molecule has 3 N–H and O–H groups in total. The number of rotatable bonds is 5. The van der Waals surface area contributed by atoms with Crippen molar-refractivity contribution in [2.24, 2.45) is 5.73 Å². The van der Waals surface area contributed by atoms with E-state index in [2.05, 4.69) is 5.32 Å². The summed E-state index contributed by atoms with van der Waals surface area (Å²) >= 11 is 0. The topological polar surface area (TPSA) is 64.3 Å². The third-order valence-corrected chi connectivity index (χ3v) is 3.84. The number of para-hydroxylation sites is 1. The lowest BCUT2D eigenvalue weighted by Gasteiger charge is -2.17. The Bertz CT molecular complexity index is 471. The van der Waals surface area contributed by atoms with Gasteiger partial charge in [0, 0.05) is 18.2 Å². The van der Waals surface area contributed by atoms with Crippen molar-refractivity contribution >= 4 is 5.91 Å². The van der Waals surface area contributed by atoms with Crippen LogP contribution in [-0.2, 0) is 11.3 Å². The Balaban J connectivity index is 1.86. The molecule has 0 bridgehead atoms. The highest BCUT2D eigenvalue weighted by atomic mass is 19.1. The molecule has 4 nitrogen and oxygen atoms in total. The lowest BCUT2D eigenvalue weighted by molar-refractivity contribution is -0.123. The van der Waals surface area contributed by atoms with Gasteiger partial charge in [-0.05, 0) is 18.9 Å². The number of carbonyl (C=O) groups is 1. The molecule has 1 aromatic carbocycles. The van der Waals surface area contributed by atoms with E-state index in [1.165, 1.54) is 18.9 Å². The van der Waals surface area contributed by atoms with Crippen LogP contribution in [0.3, 0.4) is 0 Å². The van der Waals surface area contributed by atoms with Crippen LogP contribution in [0.15, 0.2) is 18.2 Å². The van der Waals surface area contributed by atoms with E-state index in [1.807, 2.05) is 0 Å². The Morgan fingerprint density at radius 2 is 2.00 bits per heavy atom. The second-order valence-corrected chi connectivity index (χ2v) is 5.48. The lowest BCUT2D eigenvalue weighted by atomic mass is 10.1. The van der Waals surface area contributed by atoms with E-state index in [0.29, 0.717) is 5.56 Å². The fourth-order valence-electron chi connectivity index (χ4n) is 2.71. The van der Waals surface area contributed by atoms with E-state index < -0.39 is 5.82 Å². The quantitative estimate of drug-likeness (QED) is 0.820. The molecular weight excluding hydrogens is 271 g/mol. The van der Waals surface area contributed by atoms with E-state index in [-0.39, 0.29) is 30.9 Å². The van der Waals surface area contributed by atoms with Crippen molar-refractivity contribution in [3.8, 4) is 5.75 Å². The van der Waals surface area contributed by atoms with Gasteiger partial charge in [0.15, 0.2) is 18.2 Å². The van der Waals surface area contributed by atoms with Gasteiger partial charge in [0.1, 0.15) is 0 Å². The number of halogens is 1. The van der Waals surface area contributed by atoms with E-state index in [0.717, 1.165) is 25.7 Å². The average Bonchev–Trinajstić information content (AvgIpc) is 2.74. The third-order valence-electron chi connectivity index (χ3n) is 3.84. The number of nitrogens with one attached hydrogen (secondary N) is 1. The first kappa shape index (κ1) is 15.8. The predicted molar refractivity (Wildman–Crippen MR) is 79.4 cm³/mol. The van der Waals surface area contributed by atoms with Crippen LogP contribution in [0.1, 0.15) is 44.1 Å². The second-order valence-electron chi connectivity index (χ2n) is 5.48. The molecule has 0 radical (unpaired) electrons. The van der Waals surface area contributed by atoms with E-state index >= 15 is 0 Å². The summed E-state index contributed by atoms with van der Waals surface area (Å²) in [7, 11) is 0. The first-order valence-corrected chi connectivity index (χ1v) is 7.60. The second kappa shape index (κ2) is 7.98. The summed E-state index contributed by atoms with van der Waals surface area (Å²) in [5, 5.41) is 2.97. The van der Waals surface area contributed by atoms with Crippen molar-refractivity contribution in [2.75, 3.05) is 6.61 Å². The zero-order chi connectivity index (χ0) is 15.1. The minimum absolute atomic E-state index is 0.0796. The molecule has 0 atom stereocenters. The summed E-state index contributed by atoms with van der Waals surface area (Å²) in [5.41, 5.74) is 6.11. The van der Waals surface area contributed by atoms with Crippen LogP contribution in [0.5, 0.6) is 5.75 Å². The van der Waals surface area contributed by atoms with Crippen LogP contribution in [0, 0.1) is 5.82 Å².